The predicted molar refractivity (Wildman–Crippen MR) is 71.9 cm³/mol. The highest BCUT2D eigenvalue weighted by molar-refractivity contribution is 7.89. The van der Waals surface area contributed by atoms with E-state index in [-0.39, 0.29) is 10.4 Å². The number of nitrogens with one attached hydrogen (secondary N) is 1. The first-order valence-corrected chi connectivity index (χ1v) is 7.76. The fourth-order valence-electron chi connectivity index (χ4n) is 2.25. The minimum atomic E-state index is -3.58. The lowest BCUT2D eigenvalue weighted by Crippen LogP contribution is -2.51. The van der Waals surface area contributed by atoms with Gasteiger partial charge in [-0.05, 0) is 45.0 Å². The summed E-state index contributed by atoms with van der Waals surface area (Å²) >= 11 is 0. The number of hydrogen-bond donors (Lipinski definition) is 1. The van der Waals surface area contributed by atoms with E-state index in [1.165, 1.54) is 22.5 Å². The smallest absolute Gasteiger partial charge is 0.243 e. The van der Waals surface area contributed by atoms with E-state index >= 15 is 0 Å². The summed E-state index contributed by atoms with van der Waals surface area (Å²) in [5, 5.41) is 3.22. The molecule has 1 N–H and O–H groups in total. The van der Waals surface area contributed by atoms with E-state index in [0.717, 1.165) is 18.9 Å². The van der Waals surface area contributed by atoms with Crippen molar-refractivity contribution in [3.63, 3.8) is 0 Å². The molecule has 6 heteroatoms. The number of halogens is 1. The standard InChI is InChI=1S/C13H19FN2O2S/c1-13(15-2)6-8-16(9-7-13)19(17,18)12-5-3-4-11(14)10-12/h3-5,10,15H,6-9H2,1-2H3. The maximum atomic E-state index is 13.1. The van der Waals surface area contributed by atoms with Gasteiger partial charge in [0.25, 0.3) is 0 Å². The summed E-state index contributed by atoms with van der Waals surface area (Å²) in [7, 11) is -1.69. The monoisotopic (exact) mass is 286 g/mol. The molecule has 1 aliphatic rings. The van der Waals surface area contributed by atoms with Gasteiger partial charge in [-0.15, -0.1) is 0 Å². The summed E-state index contributed by atoms with van der Waals surface area (Å²) < 4.78 is 39.3. The van der Waals surface area contributed by atoms with Crippen molar-refractivity contribution in [3.8, 4) is 0 Å². The van der Waals surface area contributed by atoms with Crippen molar-refractivity contribution in [2.75, 3.05) is 20.1 Å². The number of benzene rings is 1. The maximum Gasteiger partial charge on any atom is 0.243 e. The number of nitrogens with zero attached hydrogens (tertiary/aromatic N) is 1. The fraction of sp³-hybridized carbons (Fsp3) is 0.538. The third-order valence-electron chi connectivity index (χ3n) is 3.86. The molecule has 19 heavy (non-hydrogen) atoms. The van der Waals surface area contributed by atoms with Gasteiger partial charge in [0.05, 0.1) is 4.90 Å². The Hall–Kier alpha value is -0.980. The largest absolute Gasteiger partial charge is 0.314 e. The van der Waals surface area contributed by atoms with E-state index in [0.29, 0.717) is 13.1 Å². The minimum absolute atomic E-state index is 0.0199. The maximum absolute atomic E-state index is 13.1. The molecule has 0 saturated carbocycles. The van der Waals surface area contributed by atoms with Crippen molar-refractivity contribution in [1.82, 2.24) is 9.62 Å². The molecule has 0 aromatic heterocycles. The van der Waals surface area contributed by atoms with Crippen LogP contribution in [0.4, 0.5) is 4.39 Å². The zero-order valence-corrected chi connectivity index (χ0v) is 12.0. The molecule has 1 heterocycles. The number of piperidine rings is 1. The van der Waals surface area contributed by atoms with Crippen LogP contribution in [0.25, 0.3) is 0 Å². The van der Waals surface area contributed by atoms with Crippen LogP contribution in [0, 0.1) is 5.82 Å². The summed E-state index contributed by atoms with van der Waals surface area (Å²) in [4.78, 5) is 0.0283. The van der Waals surface area contributed by atoms with Crippen LogP contribution in [-0.2, 0) is 10.0 Å². The summed E-state index contributed by atoms with van der Waals surface area (Å²) in [5.41, 5.74) is -0.0199. The number of rotatable bonds is 3. The molecule has 0 radical (unpaired) electrons. The molecule has 1 aromatic carbocycles. The molecule has 0 bridgehead atoms. The predicted octanol–water partition coefficient (Wildman–Crippen LogP) is 1.59. The first kappa shape index (κ1) is 14.4. The van der Waals surface area contributed by atoms with Crippen molar-refractivity contribution in [1.29, 1.82) is 0 Å². The summed E-state index contributed by atoms with van der Waals surface area (Å²) in [6, 6.07) is 5.17. The van der Waals surface area contributed by atoms with E-state index in [1.54, 1.807) is 0 Å². The summed E-state index contributed by atoms with van der Waals surface area (Å²) in [6.07, 6.45) is 1.50. The molecule has 0 atom stereocenters. The molecule has 1 fully saturated rings. The van der Waals surface area contributed by atoms with Gasteiger partial charge in [-0.1, -0.05) is 6.07 Å². The SMILES string of the molecule is CNC1(C)CCN(S(=O)(=O)c2cccc(F)c2)CC1. The van der Waals surface area contributed by atoms with E-state index in [4.69, 9.17) is 0 Å². The molecule has 0 unspecified atom stereocenters. The van der Waals surface area contributed by atoms with Gasteiger partial charge in [0, 0.05) is 18.6 Å². The molecule has 0 aliphatic carbocycles. The van der Waals surface area contributed by atoms with Crippen LogP contribution >= 0.6 is 0 Å². The van der Waals surface area contributed by atoms with Crippen LogP contribution in [0.1, 0.15) is 19.8 Å². The third-order valence-corrected chi connectivity index (χ3v) is 5.76. The Morgan fingerprint density at radius 2 is 1.95 bits per heavy atom. The van der Waals surface area contributed by atoms with Gasteiger partial charge in [-0.3, -0.25) is 0 Å². The van der Waals surface area contributed by atoms with E-state index in [2.05, 4.69) is 12.2 Å². The Labute approximate surface area is 113 Å². The Kier molecular flexibility index (Phi) is 3.94. The van der Waals surface area contributed by atoms with Gasteiger partial charge >= 0.3 is 0 Å². The highest BCUT2D eigenvalue weighted by Gasteiger charge is 2.34. The zero-order valence-electron chi connectivity index (χ0n) is 11.2. The van der Waals surface area contributed by atoms with Crippen molar-refractivity contribution in [2.24, 2.45) is 0 Å². The molecular weight excluding hydrogens is 267 g/mol. The number of hydrogen-bond acceptors (Lipinski definition) is 3. The zero-order chi connectivity index (χ0) is 14.1. The molecular formula is C13H19FN2O2S. The first-order valence-electron chi connectivity index (χ1n) is 6.32. The van der Waals surface area contributed by atoms with E-state index < -0.39 is 15.8 Å². The van der Waals surface area contributed by atoms with Gasteiger partial charge in [0.2, 0.25) is 10.0 Å². The topological polar surface area (TPSA) is 49.4 Å². The third kappa shape index (κ3) is 2.96. The van der Waals surface area contributed by atoms with Crippen LogP contribution in [0.3, 0.4) is 0 Å². The Bertz CT molecular complexity index is 552. The molecule has 2 rings (SSSR count). The van der Waals surface area contributed by atoms with Crippen LogP contribution in [-0.4, -0.2) is 38.4 Å². The lowest BCUT2D eigenvalue weighted by Gasteiger charge is -2.38. The lowest BCUT2D eigenvalue weighted by molar-refractivity contribution is 0.219. The summed E-state index contributed by atoms with van der Waals surface area (Å²) in [6.45, 7) is 2.99. The Morgan fingerprint density at radius 1 is 1.32 bits per heavy atom. The van der Waals surface area contributed by atoms with Gasteiger partial charge < -0.3 is 5.32 Å². The molecule has 1 aromatic rings. The lowest BCUT2D eigenvalue weighted by atomic mass is 9.91. The van der Waals surface area contributed by atoms with Gasteiger partial charge in [0.15, 0.2) is 0 Å². The average molecular weight is 286 g/mol. The molecule has 0 spiro atoms. The van der Waals surface area contributed by atoms with Crippen LogP contribution in [0.2, 0.25) is 0 Å². The minimum Gasteiger partial charge on any atom is -0.314 e. The van der Waals surface area contributed by atoms with E-state index in [1.807, 2.05) is 7.05 Å². The molecule has 4 nitrogen and oxygen atoms in total. The van der Waals surface area contributed by atoms with Crippen molar-refractivity contribution in [2.45, 2.75) is 30.2 Å². The van der Waals surface area contributed by atoms with Crippen LogP contribution in [0.5, 0.6) is 0 Å². The highest BCUT2D eigenvalue weighted by atomic mass is 32.2. The van der Waals surface area contributed by atoms with Crippen molar-refractivity contribution >= 4 is 10.0 Å². The molecule has 0 amide bonds. The van der Waals surface area contributed by atoms with Gasteiger partial charge in [-0.2, -0.15) is 4.31 Å². The first-order chi connectivity index (χ1) is 8.87. The fourth-order valence-corrected chi connectivity index (χ4v) is 3.72. The van der Waals surface area contributed by atoms with E-state index in [9.17, 15) is 12.8 Å². The van der Waals surface area contributed by atoms with Crippen molar-refractivity contribution < 1.29 is 12.8 Å². The van der Waals surface area contributed by atoms with Crippen LogP contribution in [0.15, 0.2) is 29.2 Å². The second-order valence-corrected chi connectivity index (χ2v) is 7.11. The quantitative estimate of drug-likeness (QED) is 0.918. The number of sulfonamides is 1. The molecule has 1 saturated heterocycles. The Morgan fingerprint density at radius 3 is 2.47 bits per heavy atom. The second kappa shape index (κ2) is 5.19. The molecule has 1 aliphatic heterocycles. The second-order valence-electron chi connectivity index (χ2n) is 5.17. The van der Waals surface area contributed by atoms with Crippen LogP contribution < -0.4 is 5.32 Å². The van der Waals surface area contributed by atoms with Crippen molar-refractivity contribution in [3.05, 3.63) is 30.1 Å². The van der Waals surface area contributed by atoms with Gasteiger partial charge in [-0.25, -0.2) is 12.8 Å². The van der Waals surface area contributed by atoms with Gasteiger partial charge in [0.1, 0.15) is 5.82 Å². The highest BCUT2D eigenvalue weighted by Crippen LogP contribution is 2.26. The normalized spacial score (nSPS) is 20.4. The molecule has 106 valence electrons. The summed E-state index contributed by atoms with van der Waals surface area (Å²) in [5.74, 6) is -0.529. The average Bonchev–Trinajstić information content (AvgIpc) is 2.39. The Balaban J connectivity index is 2.19.